The number of hydrogen-bond donors (Lipinski definition) is 5. The Hall–Kier alpha value is -2.85. The van der Waals surface area contributed by atoms with E-state index < -0.39 is 31.0 Å². The third kappa shape index (κ3) is 9.45. The minimum absolute atomic E-state index is 0.133. The van der Waals surface area contributed by atoms with Gasteiger partial charge in [0.25, 0.3) is 0 Å². The molecule has 0 atom stereocenters. The zero-order valence-corrected chi connectivity index (χ0v) is 14.3. The highest BCUT2D eigenvalue weighted by Gasteiger charge is 2.16. The highest BCUT2D eigenvalue weighted by atomic mass is 16.4. The number of hydrogen-bond acceptors (Lipinski definition) is 7. The van der Waals surface area contributed by atoms with E-state index in [-0.39, 0.29) is 19.6 Å². The SMILES string of the molecule is Nc1ccc(NCCN(CCN(CC(=O)O)CC(=O)O)CC(=O)O)cc1. The zero-order valence-electron chi connectivity index (χ0n) is 14.3. The summed E-state index contributed by atoms with van der Waals surface area (Å²) in [7, 11) is 0. The fourth-order valence-electron chi connectivity index (χ4n) is 2.30. The van der Waals surface area contributed by atoms with Crippen molar-refractivity contribution in [1.29, 1.82) is 0 Å². The Balaban J connectivity index is 2.52. The Labute approximate surface area is 150 Å². The maximum atomic E-state index is 11.0. The van der Waals surface area contributed by atoms with Crippen molar-refractivity contribution in [2.75, 3.05) is 56.9 Å². The highest BCUT2D eigenvalue weighted by molar-refractivity contribution is 5.72. The molecule has 0 aliphatic carbocycles. The van der Waals surface area contributed by atoms with Crippen LogP contribution in [-0.2, 0) is 14.4 Å². The third-order valence-corrected chi connectivity index (χ3v) is 3.48. The maximum absolute atomic E-state index is 11.0. The number of anilines is 2. The number of nitrogens with one attached hydrogen (secondary N) is 1. The van der Waals surface area contributed by atoms with Crippen molar-refractivity contribution in [3.8, 4) is 0 Å². The third-order valence-electron chi connectivity index (χ3n) is 3.48. The van der Waals surface area contributed by atoms with Crippen molar-refractivity contribution in [2.24, 2.45) is 0 Å². The first kappa shape index (κ1) is 21.2. The van der Waals surface area contributed by atoms with E-state index in [1.807, 2.05) is 0 Å². The van der Waals surface area contributed by atoms with E-state index in [0.29, 0.717) is 18.8 Å². The van der Waals surface area contributed by atoms with Gasteiger partial charge in [-0.2, -0.15) is 0 Å². The van der Waals surface area contributed by atoms with Gasteiger partial charge >= 0.3 is 17.9 Å². The van der Waals surface area contributed by atoms with Crippen molar-refractivity contribution >= 4 is 29.3 Å². The van der Waals surface area contributed by atoms with E-state index in [9.17, 15) is 14.4 Å². The van der Waals surface area contributed by atoms with Gasteiger partial charge in [0.15, 0.2) is 0 Å². The lowest BCUT2D eigenvalue weighted by Gasteiger charge is -2.25. The predicted molar refractivity (Wildman–Crippen MR) is 95.1 cm³/mol. The summed E-state index contributed by atoms with van der Waals surface area (Å²) < 4.78 is 0. The largest absolute Gasteiger partial charge is 0.480 e. The van der Waals surface area contributed by atoms with Crippen LogP contribution in [0.15, 0.2) is 24.3 Å². The van der Waals surface area contributed by atoms with E-state index in [4.69, 9.17) is 21.1 Å². The number of aliphatic carboxylic acids is 3. The first-order valence-corrected chi connectivity index (χ1v) is 7.95. The van der Waals surface area contributed by atoms with Crippen LogP contribution in [0.1, 0.15) is 0 Å². The smallest absolute Gasteiger partial charge is 0.317 e. The van der Waals surface area contributed by atoms with Crippen LogP contribution in [0, 0.1) is 0 Å². The van der Waals surface area contributed by atoms with Crippen molar-refractivity contribution in [3.05, 3.63) is 24.3 Å². The summed E-state index contributed by atoms with van der Waals surface area (Å²) in [4.78, 5) is 35.5. The second-order valence-corrected chi connectivity index (χ2v) is 5.72. The van der Waals surface area contributed by atoms with Gasteiger partial charge in [0.1, 0.15) is 0 Å². The Morgan fingerprint density at radius 3 is 1.77 bits per heavy atom. The molecule has 10 heteroatoms. The number of carboxylic acids is 3. The quantitative estimate of drug-likeness (QED) is 0.289. The number of rotatable bonds is 13. The van der Waals surface area contributed by atoms with E-state index in [0.717, 1.165) is 5.69 Å². The van der Waals surface area contributed by atoms with E-state index >= 15 is 0 Å². The molecule has 0 saturated heterocycles. The standard InChI is InChI=1S/C16H24N4O6/c17-12-1-3-13(4-2-12)18-5-6-19(9-14(21)22)7-8-20(10-15(23)24)11-16(25)26/h1-4,18H,5-11,17H2,(H,21,22)(H,23,24)(H,25,26). The number of benzene rings is 1. The molecule has 6 N–H and O–H groups in total. The van der Waals surface area contributed by atoms with Crippen molar-refractivity contribution in [1.82, 2.24) is 9.80 Å². The molecule has 0 heterocycles. The Morgan fingerprint density at radius 1 is 0.808 bits per heavy atom. The van der Waals surface area contributed by atoms with Crippen LogP contribution in [0.5, 0.6) is 0 Å². The number of carbonyl (C=O) groups is 3. The lowest BCUT2D eigenvalue weighted by atomic mass is 10.3. The lowest BCUT2D eigenvalue weighted by molar-refractivity contribution is -0.143. The van der Waals surface area contributed by atoms with Gasteiger partial charge in [-0.3, -0.25) is 24.2 Å². The monoisotopic (exact) mass is 368 g/mol. The second-order valence-electron chi connectivity index (χ2n) is 5.72. The molecule has 26 heavy (non-hydrogen) atoms. The minimum Gasteiger partial charge on any atom is -0.480 e. The molecule has 10 nitrogen and oxygen atoms in total. The molecule has 0 saturated carbocycles. The molecule has 0 bridgehead atoms. The Kier molecular flexibility index (Phi) is 8.88. The molecule has 0 spiro atoms. The summed E-state index contributed by atoms with van der Waals surface area (Å²) >= 11 is 0. The molecule has 0 amide bonds. The number of nitrogens with zero attached hydrogens (tertiary/aromatic N) is 2. The van der Waals surface area contributed by atoms with Gasteiger partial charge < -0.3 is 26.4 Å². The van der Waals surface area contributed by atoms with E-state index in [2.05, 4.69) is 5.32 Å². The molecule has 0 fully saturated rings. The van der Waals surface area contributed by atoms with Crippen LogP contribution >= 0.6 is 0 Å². The molecule has 1 aromatic carbocycles. The summed E-state index contributed by atoms with van der Waals surface area (Å²) in [6, 6.07) is 7.09. The van der Waals surface area contributed by atoms with Crippen LogP contribution in [0.2, 0.25) is 0 Å². The van der Waals surface area contributed by atoms with Gasteiger partial charge in [-0.05, 0) is 24.3 Å². The maximum Gasteiger partial charge on any atom is 0.317 e. The van der Waals surface area contributed by atoms with Crippen LogP contribution in [-0.4, -0.2) is 88.8 Å². The van der Waals surface area contributed by atoms with Gasteiger partial charge in [-0.25, -0.2) is 0 Å². The molecule has 1 aromatic rings. The summed E-state index contributed by atoms with van der Waals surface area (Å²) in [5.74, 6) is -3.29. The van der Waals surface area contributed by atoms with Crippen LogP contribution in [0.25, 0.3) is 0 Å². The predicted octanol–water partition coefficient (Wildman–Crippen LogP) is -0.461. The fourth-order valence-corrected chi connectivity index (χ4v) is 2.30. The summed E-state index contributed by atoms with van der Waals surface area (Å²) in [5, 5.41) is 29.8. The van der Waals surface area contributed by atoms with Crippen molar-refractivity contribution in [2.45, 2.75) is 0 Å². The van der Waals surface area contributed by atoms with Crippen molar-refractivity contribution in [3.63, 3.8) is 0 Å². The van der Waals surface area contributed by atoms with Gasteiger partial charge in [0, 0.05) is 37.6 Å². The lowest BCUT2D eigenvalue weighted by Crippen LogP contribution is -2.43. The first-order valence-electron chi connectivity index (χ1n) is 7.95. The minimum atomic E-state index is -1.14. The summed E-state index contributed by atoms with van der Waals surface area (Å²) in [6.45, 7) is 0.162. The molecule has 0 aromatic heterocycles. The van der Waals surface area contributed by atoms with Crippen molar-refractivity contribution < 1.29 is 29.7 Å². The van der Waals surface area contributed by atoms with Crippen LogP contribution in [0.4, 0.5) is 11.4 Å². The average molecular weight is 368 g/mol. The van der Waals surface area contributed by atoms with E-state index in [1.54, 1.807) is 29.2 Å². The molecule has 0 radical (unpaired) electrons. The van der Waals surface area contributed by atoms with Gasteiger partial charge in [0.05, 0.1) is 19.6 Å². The fraction of sp³-hybridized carbons (Fsp3) is 0.438. The summed E-state index contributed by atoms with van der Waals surface area (Å²) in [6.07, 6.45) is 0. The highest BCUT2D eigenvalue weighted by Crippen LogP contribution is 2.09. The number of nitrogens with two attached hydrogens (primary N) is 1. The van der Waals surface area contributed by atoms with E-state index in [1.165, 1.54) is 4.90 Å². The molecular weight excluding hydrogens is 344 g/mol. The van der Waals surface area contributed by atoms with Gasteiger partial charge in [0.2, 0.25) is 0 Å². The molecular formula is C16H24N4O6. The molecule has 0 aliphatic rings. The number of nitrogen functional groups attached to an aromatic ring is 1. The number of carboxylic acid groups (broad SMARTS) is 3. The first-order chi connectivity index (χ1) is 12.3. The topological polar surface area (TPSA) is 156 Å². The van der Waals surface area contributed by atoms with Crippen LogP contribution < -0.4 is 11.1 Å². The Bertz CT molecular complexity index is 591. The molecule has 0 unspecified atom stereocenters. The average Bonchev–Trinajstić information content (AvgIpc) is 2.52. The summed E-state index contributed by atoms with van der Waals surface area (Å²) in [5.41, 5.74) is 7.09. The zero-order chi connectivity index (χ0) is 19.5. The normalized spacial score (nSPS) is 10.8. The van der Waals surface area contributed by atoms with Gasteiger partial charge in [-0.15, -0.1) is 0 Å². The molecule has 0 aliphatic heterocycles. The second kappa shape index (κ2) is 10.9. The molecule has 144 valence electrons. The van der Waals surface area contributed by atoms with Crippen LogP contribution in [0.3, 0.4) is 0 Å². The van der Waals surface area contributed by atoms with Gasteiger partial charge in [-0.1, -0.05) is 0 Å². The Morgan fingerprint density at radius 2 is 1.27 bits per heavy atom. The molecule has 1 rings (SSSR count).